The quantitative estimate of drug-likeness (QED) is 0.0250. The van der Waals surface area contributed by atoms with Gasteiger partial charge in [0.05, 0.1) is 42.7 Å². The van der Waals surface area contributed by atoms with Gasteiger partial charge >= 0.3 is 4.28 Å². The van der Waals surface area contributed by atoms with Gasteiger partial charge in [0.15, 0.2) is 0 Å². The summed E-state index contributed by atoms with van der Waals surface area (Å²) in [7, 11) is 3.41. The van der Waals surface area contributed by atoms with Crippen LogP contribution in [0.25, 0.3) is 0 Å². The molecule has 145 heavy (non-hydrogen) atoms. The number of ether oxygens (including phenoxy) is 1. The number of hydrogen-bond donors (Lipinski definition) is 6. The topological polar surface area (TPSA) is 131 Å². The Morgan fingerprint density at radius 1 is 0.366 bits per heavy atom. The molecule has 0 aromatic carbocycles. The third kappa shape index (κ3) is 44.0. The lowest BCUT2D eigenvalue weighted by Gasteiger charge is -2.40. The molecular weight excluding hydrogens is 1860 g/mol. The average Bonchev–Trinajstić information content (AvgIpc) is 0.804. The summed E-state index contributed by atoms with van der Waals surface area (Å²) in [5, 5.41) is 59.9. The van der Waals surface area contributed by atoms with Gasteiger partial charge in [-0.05, 0) is 299 Å². The molecule has 0 heterocycles. The zero-order chi connectivity index (χ0) is 109. The normalized spacial score (nSPS) is 28.0. The third-order valence-corrected chi connectivity index (χ3v) is 34.2. The van der Waals surface area contributed by atoms with Gasteiger partial charge in [-0.1, -0.05) is 496 Å². The Bertz CT molecular complexity index is 5160. The molecule has 0 fully saturated rings. The van der Waals surface area contributed by atoms with E-state index in [1.54, 1.807) is 0 Å². The molecule has 802 valence electrons. The molecule has 0 saturated carbocycles. The summed E-state index contributed by atoms with van der Waals surface area (Å²) in [6.45, 7) is 84.9. The summed E-state index contributed by atoms with van der Waals surface area (Å²) in [4.78, 5) is 0. The van der Waals surface area contributed by atoms with Crippen molar-refractivity contribution in [3.63, 3.8) is 0 Å². The maximum Gasteiger partial charge on any atom is 1.00 e. The van der Waals surface area contributed by atoms with Crippen LogP contribution in [-0.2, 0) is 4.74 Å². The van der Waals surface area contributed by atoms with E-state index in [-0.39, 0.29) is 101 Å². The average molecular weight is 2070 g/mol. The van der Waals surface area contributed by atoms with Crippen molar-refractivity contribution in [2.45, 2.75) is 388 Å². The minimum absolute atomic E-state index is 0. The lowest BCUT2D eigenvalue weighted by atomic mass is 9.68. The Morgan fingerprint density at radius 3 is 1.01 bits per heavy atom. The molecule has 12 heteroatoms. The van der Waals surface area contributed by atoms with Gasteiger partial charge in [0.2, 0.25) is 0 Å². The highest BCUT2D eigenvalue weighted by atomic mass is 31.1. The van der Waals surface area contributed by atoms with Crippen LogP contribution < -0.4 is 0 Å². The van der Waals surface area contributed by atoms with E-state index in [9.17, 15) is 30.6 Å². The molecule has 0 aromatic heterocycles. The van der Waals surface area contributed by atoms with Gasteiger partial charge in [0.25, 0.3) is 0 Å². The first-order chi connectivity index (χ1) is 67.4. The summed E-state index contributed by atoms with van der Waals surface area (Å²) in [5.74, 6) is 24.8. The molecule has 6 N–H and O–H groups in total. The predicted molar refractivity (Wildman–Crippen MR) is 657 cm³/mol. The van der Waals surface area contributed by atoms with E-state index in [0.29, 0.717) is 66.6 Å². The van der Waals surface area contributed by atoms with Crippen molar-refractivity contribution in [1.29, 1.82) is 0 Å². The molecule has 8 unspecified atom stereocenters. The smallest absolute Gasteiger partial charge is 0.393 e. The first kappa shape index (κ1) is 130. The van der Waals surface area contributed by atoms with Crippen LogP contribution >= 0.6 is 42.9 Å². The third-order valence-electron chi connectivity index (χ3n) is 30.5. The van der Waals surface area contributed by atoms with Gasteiger partial charge < -0.3 is 35.4 Å². The molecule has 16 atom stereocenters. The fourth-order valence-corrected chi connectivity index (χ4v) is 26.8. The number of aliphatic hydroxyl groups is 6. The van der Waals surface area contributed by atoms with Gasteiger partial charge in [0.1, 0.15) is 0 Å². The Labute approximate surface area is 901 Å². The fourth-order valence-electron chi connectivity index (χ4n) is 23.4. The SMILES string of the molecule is C=C1C=CCC(C)(C)C1/C=C/P/C=C/C1=C(C)C[C@@H](O)CC1(C)C.CC(C)=C/C=C/C(C)=C/C=C/C=C(C)/C=C/C=C(C)C.CC1=C(/C=C/P/C=C/C2=C(C)C[C@@H](O)CC2(C)C)C(C)(C)CC=C1.CC1=CC=CC(C)(C)C1/C=C/P/C=C/C1=C(C)C[C@@H](O)CC1(C)C.CC1=C[C@H](O)CC(C)(C)[C@H]1/C=C/P/C=C/C1=C(C)C[C@@H](O)CC1(C)C.CCCOC1C=C(C)[C@H](/C=C/P/C=C/C2=C(C)C[C@@H](O)CC2(C)C)C(C)(C)C1.[H+].[H+].[H+]. The van der Waals surface area contributed by atoms with Crippen LogP contribution in [0.5, 0.6) is 0 Å². The molecule has 0 amide bonds. The van der Waals surface area contributed by atoms with Gasteiger partial charge in [-0.3, -0.25) is 0 Å². The van der Waals surface area contributed by atoms with Crippen molar-refractivity contribution < 1.29 is 39.7 Å². The summed E-state index contributed by atoms with van der Waals surface area (Å²) in [6.07, 6.45) is 76.6. The van der Waals surface area contributed by atoms with Gasteiger partial charge in [-0.25, -0.2) is 0 Å². The molecule has 10 aliphatic rings. The summed E-state index contributed by atoms with van der Waals surface area (Å²) in [6, 6.07) is 0. The molecule has 7 nitrogen and oxygen atoms in total. The highest BCUT2D eigenvalue weighted by molar-refractivity contribution is 7.46. The van der Waals surface area contributed by atoms with Crippen LogP contribution in [0, 0.1) is 77.8 Å². The maximum absolute atomic E-state index is 10.0. The van der Waals surface area contributed by atoms with E-state index in [4.69, 9.17) is 4.74 Å². The Morgan fingerprint density at radius 2 is 0.690 bits per heavy atom. The lowest BCUT2D eigenvalue weighted by molar-refractivity contribution is 0.0367. The highest BCUT2D eigenvalue weighted by Crippen LogP contribution is 2.51. The van der Waals surface area contributed by atoms with Crippen molar-refractivity contribution in [2.75, 3.05) is 6.61 Å². The first-order valence-electron chi connectivity index (χ1n) is 54.2. The highest BCUT2D eigenvalue weighted by Gasteiger charge is 2.41. The standard InChI is InChI=1S/C25H41O2P.C22H35O2P.3C22H33OP.C20H28/c1-8-11-27-21-15-19(3)23(25(6,7)17-21)10-13-28-12-9-22-18(2)14-20(26)16-24(22,4)5;1-15-11-17(23)13-21(3,4)19(15)7-9-25-10-8-20-16(2)12-18(24)14-22(20,5)6;3*1-16-8-7-11-21(3,4)19(16)9-12-24-13-10-20-17(2)14-18(23)15-22(20,5)6;1-17(2)11-9-15-19(5)13-7-8-14-20(6)16-10-12-18(3)4/h9-10,12-13,15,20-21,23,26,28H,8,11,14,16-17H2,1-7H3;7-11,17-19,23-25H,12-14H2,1-6H3;7-10,12-13,18,23-24H,11,14-15H2,1-6H3;7-13,18-19,23-24H,14-15H2,1-6H3;7-10,12-13,18-19,23-24H,1,11,14-15H2,2-6H3;7-16H,1-6H3/p+3/b12-9+,13-10+;9-7+,10-8+;3*12-9+,13-10+;8-7+,15-9+,16-10+,19-13+,20-14+/t20-,21?,23+;17-,18+,19-;18-;2*18-,19?;/m10111./s1. The second-order valence-corrected chi connectivity index (χ2v) is 55.3. The van der Waals surface area contributed by atoms with E-state index in [0.717, 1.165) is 103 Å². The summed E-state index contributed by atoms with van der Waals surface area (Å²) in [5.41, 5.74) is 28.3. The van der Waals surface area contributed by atoms with Crippen molar-refractivity contribution in [2.24, 2.45) is 77.8 Å². The number of allylic oxidation sites excluding steroid dienone is 42. The number of hydrogen-bond acceptors (Lipinski definition) is 7. The van der Waals surface area contributed by atoms with Crippen LogP contribution in [0.1, 0.15) is 350 Å². The van der Waals surface area contributed by atoms with E-state index >= 15 is 0 Å². The van der Waals surface area contributed by atoms with Crippen LogP contribution in [0.2, 0.25) is 0 Å². The Balaban J connectivity index is 0.000000599. The summed E-state index contributed by atoms with van der Waals surface area (Å²) >= 11 is 0. The fraction of sp³-hybridized carbons (Fsp3) is 0.549. The van der Waals surface area contributed by atoms with E-state index in [1.807, 2.05) is 6.08 Å². The number of aliphatic hydroxyl groups excluding tert-OH is 6. The molecule has 10 rings (SSSR count). The molecule has 0 saturated heterocycles. The Hall–Kier alpha value is -5.93. The molecule has 0 spiro atoms. The minimum Gasteiger partial charge on any atom is -0.393 e. The second kappa shape index (κ2) is 59.9. The van der Waals surface area contributed by atoms with Crippen LogP contribution in [0.15, 0.2) is 352 Å². The summed E-state index contributed by atoms with van der Waals surface area (Å²) < 4.78 is 6.00. The van der Waals surface area contributed by atoms with Crippen molar-refractivity contribution in [3.05, 3.63) is 352 Å². The zero-order valence-corrected chi connectivity index (χ0v) is 102. The van der Waals surface area contributed by atoms with E-state index < -0.39 is 0 Å². The zero-order valence-electron chi connectivity index (χ0n) is 100. The molecule has 10 aliphatic carbocycles. The van der Waals surface area contributed by atoms with Gasteiger partial charge in [0, 0.05) is 30.3 Å². The van der Waals surface area contributed by atoms with Crippen molar-refractivity contribution in [1.82, 2.24) is 0 Å². The molecular formula is C133H206O7P5+3. The first-order valence-corrected chi connectivity index (χ1v) is 60.0. The van der Waals surface area contributed by atoms with Crippen LogP contribution in [0.4, 0.5) is 0 Å². The van der Waals surface area contributed by atoms with Gasteiger partial charge in [-0.2, -0.15) is 0 Å². The van der Waals surface area contributed by atoms with Crippen LogP contribution in [-0.4, -0.2) is 80.0 Å². The van der Waals surface area contributed by atoms with Crippen molar-refractivity contribution >= 4 is 42.9 Å². The number of rotatable bonds is 29. The molecule has 0 aromatic rings. The Kier molecular flexibility index (Phi) is 53.5. The largest absolute Gasteiger partial charge is 1.00 e. The van der Waals surface area contributed by atoms with Gasteiger partial charge in [-0.15, -0.1) is 0 Å². The van der Waals surface area contributed by atoms with E-state index in [2.05, 4.69) is 484 Å². The molecule has 0 bridgehead atoms. The maximum atomic E-state index is 10.0. The second-order valence-electron chi connectivity index (χ2n) is 50.3. The molecule has 0 aliphatic heterocycles. The minimum atomic E-state index is -0.305. The van der Waals surface area contributed by atoms with Crippen molar-refractivity contribution in [3.8, 4) is 0 Å². The monoisotopic (exact) mass is 2070 g/mol. The lowest BCUT2D eigenvalue weighted by Crippen LogP contribution is -2.34. The van der Waals surface area contributed by atoms with E-state index in [1.165, 1.54) is 111 Å². The molecule has 0 radical (unpaired) electrons. The van der Waals surface area contributed by atoms with Crippen LogP contribution in [0.3, 0.4) is 0 Å². The predicted octanol–water partition coefficient (Wildman–Crippen LogP) is 38.5.